The molecule has 7 nitrogen and oxygen atoms in total. The third-order valence-corrected chi connectivity index (χ3v) is 6.78. The number of hydrogen-bond donors (Lipinski definition) is 3. The number of H-pyrrole nitrogens is 2. The van der Waals surface area contributed by atoms with Gasteiger partial charge in [0.25, 0.3) is 0 Å². The van der Waals surface area contributed by atoms with Crippen molar-refractivity contribution in [2.75, 3.05) is 5.32 Å². The molecule has 7 heteroatoms. The van der Waals surface area contributed by atoms with Gasteiger partial charge in [0.15, 0.2) is 5.65 Å². The summed E-state index contributed by atoms with van der Waals surface area (Å²) in [4.78, 5) is 17.1. The first-order chi connectivity index (χ1) is 18.7. The second-order valence-corrected chi connectivity index (χ2v) is 9.23. The summed E-state index contributed by atoms with van der Waals surface area (Å²) in [6.07, 6.45) is 14.8. The lowest BCUT2D eigenvalue weighted by atomic mass is 10.0. The zero-order valence-electron chi connectivity index (χ0n) is 20.4. The molecule has 0 aliphatic heterocycles. The molecule has 0 spiro atoms. The van der Waals surface area contributed by atoms with Crippen molar-refractivity contribution in [3.05, 3.63) is 115 Å². The van der Waals surface area contributed by atoms with Crippen LogP contribution in [0.15, 0.2) is 104 Å². The van der Waals surface area contributed by atoms with Crippen molar-refractivity contribution in [3.8, 4) is 22.5 Å². The molecule has 0 radical (unpaired) electrons. The zero-order valence-corrected chi connectivity index (χ0v) is 20.4. The first-order valence-electron chi connectivity index (χ1n) is 12.4. The molecule has 1 aliphatic carbocycles. The van der Waals surface area contributed by atoms with E-state index in [0.717, 1.165) is 62.3 Å². The number of aromatic amines is 2. The molecule has 0 saturated heterocycles. The molecule has 182 valence electrons. The second-order valence-electron chi connectivity index (χ2n) is 9.23. The topological polar surface area (TPSA) is 95.2 Å². The van der Waals surface area contributed by atoms with Gasteiger partial charge in [-0.25, -0.2) is 9.97 Å². The highest BCUT2D eigenvalue weighted by atomic mass is 15.2. The number of aromatic nitrogens is 6. The largest absolute Gasteiger partial charge is 0.354 e. The van der Waals surface area contributed by atoms with Crippen LogP contribution in [0.4, 0.5) is 5.69 Å². The summed E-state index contributed by atoms with van der Waals surface area (Å²) in [6.45, 7) is 4.17. The quantitative estimate of drug-likeness (QED) is 0.232. The van der Waals surface area contributed by atoms with Gasteiger partial charge in [0.05, 0.1) is 23.3 Å². The van der Waals surface area contributed by atoms with E-state index in [2.05, 4.69) is 78.5 Å². The van der Waals surface area contributed by atoms with E-state index >= 15 is 0 Å². The van der Waals surface area contributed by atoms with Crippen LogP contribution in [0, 0.1) is 0 Å². The lowest BCUT2D eigenvalue weighted by molar-refractivity contribution is 1.10. The van der Waals surface area contributed by atoms with E-state index in [9.17, 15) is 0 Å². The van der Waals surface area contributed by atoms with E-state index in [1.165, 1.54) is 11.1 Å². The van der Waals surface area contributed by atoms with Crippen LogP contribution in [0.1, 0.15) is 17.5 Å². The molecule has 1 aromatic carbocycles. The molecule has 0 saturated carbocycles. The molecule has 38 heavy (non-hydrogen) atoms. The SMILES string of the molecule is C=C(Nc1cncc(-c2cnc3n[nH]c(-c4cc5c(C6=CCC=C6)ccnc5[nH]4)c3c2)c1)c1ccccc1. The van der Waals surface area contributed by atoms with E-state index in [1.54, 1.807) is 6.20 Å². The highest BCUT2D eigenvalue weighted by Crippen LogP contribution is 2.34. The Morgan fingerprint density at radius 3 is 2.68 bits per heavy atom. The maximum atomic E-state index is 4.62. The summed E-state index contributed by atoms with van der Waals surface area (Å²) in [5.74, 6) is 0. The van der Waals surface area contributed by atoms with Gasteiger partial charge in [0.1, 0.15) is 5.65 Å². The van der Waals surface area contributed by atoms with E-state index in [1.807, 2.05) is 55.0 Å². The number of anilines is 1. The van der Waals surface area contributed by atoms with Gasteiger partial charge in [-0.3, -0.25) is 10.1 Å². The minimum absolute atomic E-state index is 0.650. The van der Waals surface area contributed by atoms with Gasteiger partial charge in [-0.05, 0) is 47.4 Å². The van der Waals surface area contributed by atoms with Crippen molar-refractivity contribution in [2.24, 2.45) is 0 Å². The van der Waals surface area contributed by atoms with Crippen LogP contribution in [0.5, 0.6) is 0 Å². The first-order valence-corrected chi connectivity index (χ1v) is 12.4. The summed E-state index contributed by atoms with van der Waals surface area (Å²) in [6, 6.07) is 18.4. The van der Waals surface area contributed by atoms with E-state index in [4.69, 9.17) is 0 Å². The van der Waals surface area contributed by atoms with Crippen LogP contribution in [0.3, 0.4) is 0 Å². The maximum absolute atomic E-state index is 4.62. The molecule has 5 heterocycles. The molecular weight excluding hydrogens is 470 g/mol. The standard InChI is InChI=1S/C31H23N7/c1-19(20-7-3-2-4-8-20)35-24-13-22(16-32-18-24)23-14-27-29(37-38-31(27)34-17-23)28-15-26-25(21-9-5-6-10-21)11-12-33-30(26)36-28/h2-5,7-18,35H,1,6H2,(H,33,36)(H,34,37,38). The normalized spacial score (nSPS) is 12.8. The van der Waals surface area contributed by atoms with Crippen molar-refractivity contribution >= 4 is 39.0 Å². The van der Waals surface area contributed by atoms with Gasteiger partial charge in [-0.15, -0.1) is 0 Å². The van der Waals surface area contributed by atoms with Crippen LogP contribution < -0.4 is 5.32 Å². The summed E-state index contributed by atoms with van der Waals surface area (Å²) in [7, 11) is 0. The molecule has 0 fully saturated rings. The Kier molecular flexibility index (Phi) is 5.18. The third kappa shape index (κ3) is 3.87. The number of fused-ring (bicyclic) bond motifs is 2. The Labute approximate surface area is 218 Å². The summed E-state index contributed by atoms with van der Waals surface area (Å²) < 4.78 is 0. The van der Waals surface area contributed by atoms with Crippen molar-refractivity contribution in [1.29, 1.82) is 0 Å². The number of allylic oxidation sites excluding steroid dienone is 4. The molecular formula is C31H23N7. The Morgan fingerprint density at radius 2 is 1.82 bits per heavy atom. The van der Waals surface area contributed by atoms with Gasteiger partial charge < -0.3 is 10.3 Å². The highest BCUT2D eigenvalue weighted by Gasteiger charge is 2.16. The van der Waals surface area contributed by atoms with Crippen molar-refractivity contribution in [2.45, 2.75) is 6.42 Å². The molecule has 0 amide bonds. The fraction of sp³-hybridized carbons (Fsp3) is 0.0323. The second kappa shape index (κ2) is 8.97. The fourth-order valence-corrected chi connectivity index (χ4v) is 4.89. The summed E-state index contributed by atoms with van der Waals surface area (Å²) >= 11 is 0. The number of nitrogens with one attached hydrogen (secondary N) is 3. The predicted molar refractivity (Wildman–Crippen MR) is 153 cm³/mol. The van der Waals surface area contributed by atoms with E-state index in [0.29, 0.717) is 5.65 Å². The minimum Gasteiger partial charge on any atom is -0.354 e. The predicted octanol–water partition coefficient (Wildman–Crippen LogP) is 6.99. The Bertz CT molecular complexity index is 1890. The molecule has 1 aliphatic rings. The van der Waals surface area contributed by atoms with Crippen LogP contribution in [0.2, 0.25) is 0 Å². The number of benzene rings is 1. The summed E-state index contributed by atoms with van der Waals surface area (Å²) in [5.41, 5.74) is 10.2. The highest BCUT2D eigenvalue weighted by molar-refractivity contribution is 5.99. The molecule has 5 aromatic heterocycles. The molecule has 0 atom stereocenters. The number of hydrogen-bond acceptors (Lipinski definition) is 5. The lowest BCUT2D eigenvalue weighted by Gasteiger charge is -2.11. The van der Waals surface area contributed by atoms with E-state index in [-0.39, 0.29) is 0 Å². The molecule has 7 rings (SSSR count). The molecule has 6 aromatic rings. The smallest absolute Gasteiger partial charge is 0.181 e. The van der Waals surface area contributed by atoms with Gasteiger partial charge in [-0.2, -0.15) is 5.10 Å². The van der Waals surface area contributed by atoms with Gasteiger partial charge in [-0.1, -0.05) is 55.1 Å². The number of pyridine rings is 3. The third-order valence-electron chi connectivity index (χ3n) is 6.78. The van der Waals surface area contributed by atoms with Gasteiger partial charge in [0, 0.05) is 46.2 Å². The van der Waals surface area contributed by atoms with E-state index < -0.39 is 0 Å². The number of nitrogens with zero attached hydrogens (tertiary/aromatic N) is 4. The Hall–Kier alpha value is -5.30. The van der Waals surface area contributed by atoms with Crippen molar-refractivity contribution in [3.63, 3.8) is 0 Å². The molecule has 0 bridgehead atoms. The molecule has 3 N–H and O–H groups in total. The Morgan fingerprint density at radius 1 is 0.921 bits per heavy atom. The van der Waals surface area contributed by atoms with Crippen molar-refractivity contribution in [1.82, 2.24) is 30.1 Å². The first kappa shape index (κ1) is 21.9. The summed E-state index contributed by atoms with van der Waals surface area (Å²) in [5, 5.41) is 13.0. The number of rotatable bonds is 6. The zero-order chi connectivity index (χ0) is 25.5. The lowest BCUT2D eigenvalue weighted by Crippen LogP contribution is -1.98. The molecule has 0 unspecified atom stereocenters. The van der Waals surface area contributed by atoms with Crippen molar-refractivity contribution < 1.29 is 0 Å². The van der Waals surface area contributed by atoms with Crippen LogP contribution in [-0.4, -0.2) is 30.1 Å². The maximum Gasteiger partial charge on any atom is 0.181 e. The average Bonchev–Trinajstić information content (AvgIpc) is 3.73. The fourth-order valence-electron chi connectivity index (χ4n) is 4.89. The Balaban J connectivity index is 1.25. The van der Waals surface area contributed by atoms with Crippen LogP contribution in [0.25, 0.3) is 55.9 Å². The van der Waals surface area contributed by atoms with Gasteiger partial charge in [0.2, 0.25) is 0 Å². The van der Waals surface area contributed by atoms with Crippen LogP contribution >= 0.6 is 0 Å². The van der Waals surface area contributed by atoms with Crippen LogP contribution in [-0.2, 0) is 0 Å². The monoisotopic (exact) mass is 493 g/mol. The van der Waals surface area contributed by atoms with Gasteiger partial charge >= 0.3 is 0 Å². The average molecular weight is 494 g/mol. The minimum atomic E-state index is 0.650.